The van der Waals surface area contributed by atoms with Crippen molar-refractivity contribution in [3.8, 4) is 5.75 Å². The van der Waals surface area contributed by atoms with Gasteiger partial charge in [0, 0.05) is 10.6 Å². The zero-order chi connectivity index (χ0) is 33.6. The number of rotatable bonds is 12. The van der Waals surface area contributed by atoms with Crippen molar-refractivity contribution in [1.82, 2.24) is 0 Å². The molecule has 1 amide bonds. The number of carbonyl (C=O) groups excluding carboxylic acids is 1. The number of phenols is 1. The Bertz CT molecular complexity index is 1760. The average molecular weight is 664 g/mol. The second-order valence-electron chi connectivity index (χ2n) is 12.4. The molecule has 0 fully saturated rings. The molecule has 0 radical (unpaired) electrons. The normalized spacial score (nSPS) is 12.2. The molecule has 0 saturated carbocycles. The van der Waals surface area contributed by atoms with Crippen molar-refractivity contribution < 1.29 is 14.1 Å². The fourth-order valence-corrected chi connectivity index (χ4v) is 8.09. The van der Waals surface area contributed by atoms with Gasteiger partial charge < -0.3 is 10.4 Å². The molecule has 5 aromatic carbocycles. The molecule has 0 spiro atoms. The summed E-state index contributed by atoms with van der Waals surface area (Å²) in [7, 11) is -1.31. The first kappa shape index (κ1) is 34.2. The number of carbonyl (C=O) groups is 1. The Morgan fingerprint density at radius 3 is 1.83 bits per heavy atom. The number of hydrogen-bond donors (Lipinski definition) is 2. The van der Waals surface area contributed by atoms with E-state index in [9.17, 15) is 14.1 Å². The quantitative estimate of drug-likeness (QED) is 0.131. The first-order valence-electron chi connectivity index (χ1n) is 16.2. The zero-order valence-electron chi connectivity index (χ0n) is 27.4. The highest BCUT2D eigenvalue weighted by atomic mass is 35.5. The maximum absolute atomic E-state index is 13.9. The summed E-state index contributed by atoms with van der Waals surface area (Å²) in [6.45, 7) is 7.87. The molecule has 0 aliphatic carbocycles. The first-order chi connectivity index (χ1) is 22.7. The van der Waals surface area contributed by atoms with Crippen LogP contribution in [0.3, 0.4) is 0 Å². The smallest absolute Gasteiger partial charge is 0.259 e. The summed E-state index contributed by atoms with van der Waals surface area (Å²) in [4.78, 5) is 14.5. The summed E-state index contributed by atoms with van der Waals surface area (Å²) in [5.41, 5.74) is 5.20. The standard InChI is InChI=1S/C41H42ClNO3S/c1-5-6-16-30-25-37(47(46)27-28(2)3)29(4)38(39(30)44)40(45)43-36-24-23-34(26-35(36)42)41(31-17-10-7-11-18-31,32-19-12-8-13-20-32)33-21-14-9-15-22-33/h7-15,17-26,28,44H,5-6,16,27H2,1-4H3,(H,43,45). The van der Waals surface area contributed by atoms with Gasteiger partial charge in [-0.2, -0.15) is 0 Å². The number of amides is 1. The van der Waals surface area contributed by atoms with E-state index in [4.69, 9.17) is 11.6 Å². The van der Waals surface area contributed by atoms with E-state index in [2.05, 4.69) is 48.6 Å². The molecule has 2 N–H and O–H groups in total. The number of hydrogen-bond acceptors (Lipinski definition) is 3. The Kier molecular flexibility index (Phi) is 11.0. The second-order valence-corrected chi connectivity index (χ2v) is 14.3. The Morgan fingerprint density at radius 1 is 0.830 bits per heavy atom. The number of unbranched alkanes of at least 4 members (excludes halogenated alkanes) is 1. The van der Waals surface area contributed by atoms with Gasteiger partial charge in [0.2, 0.25) is 0 Å². The summed E-state index contributed by atoms with van der Waals surface area (Å²) in [5, 5.41) is 14.7. The predicted octanol–water partition coefficient (Wildman–Crippen LogP) is 10.1. The Morgan fingerprint density at radius 2 is 1.36 bits per heavy atom. The minimum atomic E-state index is -1.31. The number of halogens is 1. The first-order valence-corrected chi connectivity index (χ1v) is 17.9. The van der Waals surface area contributed by atoms with Gasteiger partial charge >= 0.3 is 0 Å². The van der Waals surface area contributed by atoms with E-state index in [0.29, 0.717) is 38.9 Å². The minimum absolute atomic E-state index is 0.0669. The van der Waals surface area contributed by atoms with Crippen LogP contribution in [0.5, 0.6) is 5.75 Å². The molecule has 1 unspecified atom stereocenters. The van der Waals surface area contributed by atoms with Gasteiger partial charge in [-0.3, -0.25) is 9.00 Å². The van der Waals surface area contributed by atoms with Crippen LogP contribution in [-0.4, -0.2) is 21.0 Å². The molecule has 6 heteroatoms. The Balaban J connectivity index is 1.61. The van der Waals surface area contributed by atoms with Gasteiger partial charge in [0.05, 0.1) is 32.5 Å². The number of aromatic hydroxyl groups is 1. The molecule has 0 heterocycles. The summed E-state index contributed by atoms with van der Waals surface area (Å²) in [6, 6.07) is 38.6. The monoisotopic (exact) mass is 663 g/mol. The number of phenolic OH excluding ortho intramolecular Hbond substituents is 1. The maximum atomic E-state index is 13.9. The molecule has 5 rings (SSSR count). The highest BCUT2D eigenvalue weighted by Crippen LogP contribution is 2.46. The summed E-state index contributed by atoms with van der Waals surface area (Å²) in [6.07, 6.45) is 2.36. The molecular weight excluding hydrogens is 622 g/mol. The van der Waals surface area contributed by atoms with Crippen LogP contribution in [0.1, 0.15) is 77.4 Å². The van der Waals surface area contributed by atoms with Crippen LogP contribution in [0.15, 0.2) is 120 Å². The van der Waals surface area contributed by atoms with Crippen molar-refractivity contribution in [3.63, 3.8) is 0 Å². The molecule has 4 nitrogen and oxygen atoms in total. The number of aryl methyl sites for hydroxylation is 1. The van der Waals surface area contributed by atoms with Gasteiger partial charge in [-0.25, -0.2) is 0 Å². The van der Waals surface area contributed by atoms with Gasteiger partial charge in [-0.1, -0.05) is 136 Å². The van der Waals surface area contributed by atoms with Crippen LogP contribution in [0.25, 0.3) is 0 Å². The third-order valence-electron chi connectivity index (χ3n) is 8.62. The van der Waals surface area contributed by atoms with Crippen LogP contribution in [0, 0.1) is 12.8 Å². The van der Waals surface area contributed by atoms with E-state index >= 15 is 0 Å². The highest BCUT2D eigenvalue weighted by Gasteiger charge is 2.38. The van der Waals surface area contributed by atoms with E-state index in [-0.39, 0.29) is 17.2 Å². The third kappa shape index (κ3) is 7.07. The number of anilines is 1. The van der Waals surface area contributed by atoms with E-state index in [1.54, 1.807) is 6.92 Å². The largest absolute Gasteiger partial charge is 0.507 e. The van der Waals surface area contributed by atoms with Crippen LogP contribution in [-0.2, 0) is 22.6 Å². The third-order valence-corrected chi connectivity index (χ3v) is 10.8. The lowest BCUT2D eigenvalue weighted by Gasteiger charge is -2.37. The average Bonchev–Trinajstić information content (AvgIpc) is 3.07. The van der Waals surface area contributed by atoms with E-state index in [1.165, 1.54) is 0 Å². The van der Waals surface area contributed by atoms with Crippen LogP contribution in [0.2, 0.25) is 5.02 Å². The van der Waals surface area contributed by atoms with Crippen LogP contribution in [0.4, 0.5) is 5.69 Å². The number of nitrogens with one attached hydrogen (secondary N) is 1. The lowest BCUT2D eigenvalue weighted by molar-refractivity contribution is 0.102. The maximum Gasteiger partial charge on any atom is 0.259 e. The van der Waals surface area contributed by atoms with Crippen molar-refractivity contribution in [2.75, 3.05) is 11.1 Å². The van der Waals surface area contributed by atoms with Crippen molar-refractivity contribution in [3.05, 3.63) is 159 Å². The molecule has 47 heavy (non-hydrogen) atoms. The molecule has 0 aliphatic heterocycles. The molecule has 0 bridgehead atoms. The van der Waals surface area contributed by atoms with Gasteiger partial charge in [-0.15, -0.1) is 0 Å². The van der Waals surface area contributed by atoms with E-state index < -0.39 is 22.1 Å². The van der Waals surface area contributed by atoms with Gasteiger partial charge in [0.25, 0.3) is 5.91 Å². The molecule has 0 aromatic heterocycles. The van der Waals surface area contributed by atoms with Gasteiger partial charge in [0.15, 0.2) is 0 Å². The van der Waals surface area contributed by atoms with Crippen LogP contribution < -0.4 is 5.32 Å². The topological polar surface area (TPSA) is 66.4 Å². The molecule has 5 aromatic rings. The lowest BCUT2D eigenvalue weighted by Crippen LogP contribution is -2.31. The van der Waals surface area contributed by atoms with E-state index in [1.807, 2.05) is 92.7 Å². The molecule has 242 valence electrons. The summed E-state index contributed by atoms with van der Waals surface area (Å²) >= 11 is 7.02. The van der Waals surface area contributed by atoms with Crippen molar-refractivity contribution in [2.24, 2.45) is 5.92 Å². The lowest BCUT2D eigenvalue weighted by atomic mass is 9.65. The molecule has 0 saturated heterocycles. The van der Waals surface area contributed by atoms with Crippen LogP contribution >= 0.6 is 11.6 Å². The minimum Gasteiger partial charge on any atom is -0.507 e. The van der Waals surface area contributed by atoms with Crippen molar-refractivity contribution in [1.29, 1.82) is 0 Å². The Hall–Kier alpha value is -4.19. The Labute approximate surface area is 286 Å². The molecule has 1 atom stereocenters. The summed E-state index contributed by atoms with van der Waals surface area (Å²) in [5.74, 6) is 0.130. The predicted molar refractivity (Wildman–Crippen MR) is 195 cm³/mol. The van der Waals surface area contributed by atoms with Gasteiger partial charge in [0.1, 0.15) is 5.75 Å². The molecular formula is C41H42ClNO3S. The summed E-state index contributed by atoms with van der Waals surface area (Å²) < 4.78 is 13.4. The van der Waals surface area contributed by atoms with E-state index in [0.717, 1.165) is 35.1 Å². The number of benzene rings is 5. The zero-order valence-corrected chi connectivity index (χ0v) is 29.0. The van der Waals surface area contributed by atoms with Crippen molar-refractivity contribution >= 4 is 34.0 Å². The highest BCUT2D eigenvalue weighted by molar-refractivity contribution is 7.85. The fourth-order valence-electron chi connectivity index (χ4n) is 6.36. The van der Waals surface area contributed by atoms with Crippen molar-refractivity contribution in [2.45, 2.75) is 57.3 Å². The molecule has 0 aliphatic rings. The fraction of sp³-hybridized carbons (Fsp3) is 0.244. The second kappa shape index (κ2) is 15.1. The SMILES string of the molecule is CCCCc1cc(S(=O)CC(C)C)c(C)c(C(=O)Nc2ccc(C(c3ccccc3)(c3ccccc3)c3ccccc3)cc2Cl)c1O. The van der Waals surface area contributed by atoms with Gasteiger partial charge in [-0.05, 0) is 77.3 Å².